The van der Waals surface area contributed by atoms with Crippen LogP contribution in [0, 0.1) is 10.1 Å². The summed E-state index contributed by atoms with van der Waals surface area (Å²) in [5.74, 6) is 0.0960. The molecule has 0 aliphatic rings. The monoisotopic (exact) mass is 267 g/mol. The van der Waals surface area contributed by atoms with Gasteiger partial charge in [0.25, 0.3) is 0 Å². The summed E-state index contributed by atoms with van der Waals surface area (Å²) in [5.41, 5.74) is 6.14. The summed E-state index contributed by atoms with van der Waals surface area (Å²) in [5, 5.41) is 13.3. The second-order valence-electron chi connectivity index (χ2n) is 3.89. The first-order valence-corrected chi connectivity index (χ1v) is 5.89. The number of carbonyl (C=O) groups excluding carboxylic acids is 1. The SMILES string of the molecule is CNC(=O)CCCOc1cc(CN)ccc1[N+](=O)[O-]. The molecule has 0 bridgehead atoms. The molecule has 3 N–H and O–H groups in total. The van der Waals surface area contributed by atoms with Gasteiger partial charge in [-0.3, -0.25) is 14.9 Å². The van der Waals surface area contributed by atoms with E-state index >= 15 is 0 Å². The molecule has 1 rings (SSSR count). The first-order chi connectivity index (χ1) is 9.08. The zero-order chi connectivity index (χ0) is 14.3. The zero-order valence-electron chi connectivity index (χ0n) is 10.7. The molecule has 0 spiro atoms. The van der Waals surface area contributed by atoms with Gasteiger partial charge in [-0.05, 0) is 18.1 Å². The van der Waals surface area contributed by atoms with E-state index < -0.39 is 4.92 Å². The molecule has 0 aromatic heterocycles. The predicted molar refractivity (Wildman–Crippen MR) is 69.8 cm³/mol. The van der Waals surface area contributed by atoms with E-state index in [4.69, 9.17) is 10.5 Å². The van der Waals surface area contributed by atoms with E-state index in [0.29, 0.717) is 12.8 Å². The summed E-state index contributed by atoms with van der Waals surface area (Å²) in [6.07, 6.45) is 0.810. The second-order valence-corrected chi connectivity index (χ2v) is 3.89. The lowest BCUT2D eigenvalue weighted by Gasteiger charge is -2.08. The number of amides is 1. The van der Waals surface area contributed by atoms with E-state index in [-0.39, 0.29) is 30.5 Å². The van der Waals surface area contributed by atoms with Crippen molar-refractivity contribution in [1.29, 1.82) is 0 Å². The molecule has 0 aliphatic carbocycles. The highest BCUT2D eigenvalue weighted by molar-refractivity contribution is 5.75. The lowest BCUT2D eigenvalue weighted by molar-refractivity contribution is -0.385. The molecule has 0 unspecified atom stereocenters. The van der Waals surface area contributed by atoms with Crippen molar-refractivity contribution < 1.29 is 14.5 Å². The number of rotatable bonds is 7. The van der Waals surface area contributed by atoms with E-state index in [1.165, 1.54) is 6.07 Å². The third kappa shape index (κ3) is 4.55. The van der Waals surface area contributed by atoms with Gasteiger partial charge in [0, 0.05) is 26.1 Å². The van der Waals surface area contributed by atoms with Gasteiger partial charge in [0.2, 0.25) is 5.91 Å². The number of nitrogens with one attached hydrogen (secondary N) is 1. The molecule has 1 aromatic rings. The maximum atomic E-state index is 11.0. The molecule has 7 heteroatoms. The van der Waals surface area contributed by atoms with Gasteiger partial charge in [0.15, 0.2) is 5.75 Å². The molecular formula is C12H17N3O4. The first kappa shape index (κ1) is 14.9. The van der Waals surface area contributed by atoms with Crippen LogP contribution < -0.4 is 15.8 Å². The molecule has 7 nitrogen and oxygen atoms in total. The van der Waals surface area contributed by atoms with Crippen LogP contribution in [0.25, 0.3) is 0 Å². The van der Waals surface area contributed by atoms with Crippen LogP contribution >= 0.6 is 0 Å². The van der Waals surface area contributed by atoms with Gasteiger partial charge in [0.1, 0.15) is 0 Å². The van der Waals surface area contributed by atoms with Gasteiger partial charge in [-0.2, -0.15) is 0 Å². The van der Waals surface area contributed by atoms with Crippen LogP contribution in [0.3, 0.4) is 0 Å². The van der Waals surface area contributed by atoms with Crippen molar-refractivity contribution in [2.24, 2.45) is 5.73 Å². The number of hydrogen-bond donors (Lipinski definition) is 2. The number of nitrogens with two attached hydrogens (primary N) is 1. The van der Waals surface area contributed by atoms with Gasteiger partial charge in [-0.1, -0.05) is 6.07 Å². The highest BCUT2D eigenvalue weighted by Gasteiger charge is 2.15. The Bertz CT molecular complexity index is 462. The highest BCUT2D eigenvalue weighted by atomic mass is 16.6. The summed E-state index contributed by atoms with van der Waals surface area (Å²) in [4.78, 5) is 21.3. The van der Waals surface area contributed by atoms with Crippen LogP contribution in [0.15, 0.2) is 18.2 Å². The van der Waals surface area contributed by atoms with Crippen LogP contribution in [-0.2, 0) is 11.3 Å². The Hall–Kier alpha value is -2.15. The van der Waals surface area contributed by atoms with Gasteiger partial charge in [-0.25, -0.2) is 0 Å². The number of ether oxygens (including phenoxy) is 1. The standard InChI is InChI=1S/C12H17N3O4/c1-14-12(16)3-2-6-19-11-7-9(8-13)4-5-10(11)15(17)18/h4-5,7H,2-3,6,8,13H2,1H3,(H,14,16). The Morgan fingerprint density at radius 2 is 2.26 bits per heavy atom. The van der Waals surface area contributed by atoms with Crippen molar-refractivity contribution in [3.8, 4) is 5.75 Å². The van der Waals surface area contributed by atoms with Gasteiger partial charge in [0.05, 0.1) is 11.5 Å². The summed E-state index contributed by atoms with van der Waals surface area (Å²) in [6, 6.07) is 4.52. The molecule has 0 radical (unpaired) electrons. The molecule has 0 aliphatic heterocycles. The summed E-state index contributed by atoms with van der Waals surface area (Å²) < 4.78 is 5.36. The van der Waals surface area contributed by atoms with Crippen molar-refractivity contribution in [2.45, 2.75) is 19.4 Å². The van der Waals surface area contributed by atoms with Crippen molar-refractivity contribution in [2.75, 3.05) is 13.7 Å². The topological polar surface area (TPSA) is 107 Å². The van der Waals surface area contributed by atoms with Crippen molar-refractivity contribution in [3.63, 3.8) is 0 Å². The maximum Gasteiger partial charge on any atom is 0.310 e. The number of nitro benzene ring substituents is 1. The summed E-state index contributed by atoms with van der Waals surface area (Å²) in [7, 11) is 1.55. The van der Waals surface area contributed by atoms with Crippen LogP contribution in [0.2, 0.25) is 0 Å². The van der Waals surface area contributed by atoms with Gasteiger partial charge < -0.3 is 15.8 Å². The summed E-state index contributed by atoms with van der Waals surface area (Å²) >= 11 is 0. The Labute approximate surface area is 110 Å². The van der Waals surface area contributed by atoms with Gasteiger partial charge >= 0.3 is 5.69 Å². The van der Waals surface area contributed by atoms with E-state index in [1.807, 2.05) is 0 Å². The van der Waals surface area contributed by atoms with Crippen molar-refractivity contribution in [3.05, 3.63) is 33.9 Å². The molecular weight excluding hydrogens is 250 g/mol. The third-order valence-corrected chi connectivity index (χ3v) is 2.54. The lowest BCUT2D eigenvalue weighted by Crippen LogP contribution is -2.18. The van der Waals surface area contributed by atoms with Gasteiger partial charge in [-0.15, -0.1) is 0 Å². The zero-order valence-corrected chi connectivity index (χ0v) is 10.7. The minimum Gasteiger partial charge on any atom is -0.487 e. The van der Waals surface area contributed by atoms with E-state index in [2.05, 4.69) is 5.32 Å². The number of nitro groups is 1. The Kier molecular flexibility index (Phi) is 5.74. The quantitative estimate of drug-likeness (QED) is 0.434. The number of nitrogens with zero attached hydrogens (tertiary/aromatic N) is 1. The fourth-order valence-electron chi connectivity index (χ4n) is 1.49. The number of benzene rings is 1. The molecule has 19 heavy (non-hydrogen) atoms. The minimum atomic E-state index is -0.506. The van der Waals surface area contributed by atoms with Crippen LogP contribution in [0.5, 0.6) is 5.75 Å². The Balaban J connectivity index is 2.64. The molecule has 0 saturated carbocycles. The second kappa shape index (κ2) is 7.32. The molecule has 0 saturated heterocycles. The largest absolute Gasteiger partial charge is 0.487 e. The molecule has 1 amide bonds. The third-order valence-electron chi connectivity index (χ3n) is 2.54. The first-order valence-electron chi connectivity index (χ1n) is 5.89. The van der Waals surface area contributed by atoms with E-state index in [0.717, 1.165) is 5.56 Å². The smallest absolute Gasteiger partial charge is 0.310 e. The average molecular weight is 267 g/mol. The molecule has 0 fully saturated rings. The van der Waals surface area contributed by atoms with Crippen LogP contribution in [-0.4, -0.2) is 24.5 Å². The van der Waals surface area contributed by atoms with Crippen LogP contribution in [0.1, 0.15) is 18.4 Å². The average Bonchev–Trinajstić information content (AvgIpc) is 2.42. The molecule has 0 heterocycles. The lowest BCUT2D eigenvalue weighted by atomic mass is 10.2. The summed E-state index contributed by atoms with van der Waals surface area (Å²) in [6.45, 7) is 0.523. The van der Waals surface area contributed by atoms with Crippen LogP contribution in [0.4, 0.5) is 5.69 Å². The number of hydrogen-bond acceptors (Lipinski definition) is 5. The Morgan fingerprint density at radius 1 is 1.53 bits per heavy atom. The van der Waals surface area contributed by atoms with E-state index in [9.17, 15) is 14.9 Å². The fraction of sp³-hybridized carbons (Fsp3) is 0.417. The maximum absolute atomic E-state index is 11.0. The normalized spacial score (nSPS) is 10.0. The van der Waals surface area contributed by atoms with Crippen molar-refractivity contribution >= 4 is 11.6 Å². The predicted octanol–water partition coefficient (Wildman–Crippen LogP) is 0.959. The molecule has 0 atom stereocenters. The highest BCUT2D eigenvalue weighted by Crippen LogP contribution is 2.28. The van der Waals surface area contributed by atoms with E-state index in [1.54, 1.807) is 19.2 Å². The Morgan fingerprint density at radius 3 is 2.84 bits per heavy atom. The molecule has 1 aromatic carbocycles. The fourth-order valence-corrected chi connectivity index (χ4v) is 1.49. The number of carbonyl (C=O) groups is 1. The minimum absolute atomic E-state index is 0.0891. The van der Waals surface area contributed by atoms with Crippen molar-refractivity contribution in [1.82, 2.24) is 5.32 Å². The molecule has 104 valence electrons.